The van der Waals surface area contributed by atoms with Gasteiger partial charge in [-0.3, -0.25) is 9.10 Å². The monoisotopic (exact) mass is 375 g/mol. The highest BCUT2D eigenvalue weighted by Gasteiger charge is 2.21. The zero-order chi connectivity index (χ0) is 19.5. The SMILES string of the molecule is Cc1cccc(C)c1NC(=O)CN(c1ccc(N(C)C)cc1)S(C)(=O)=O. The van der Waals surface area contributed by atoms with Gasteiger partial charge in [0.25, 0.3) is 0 Å². The van der Waals surface area contributed by atoms with Gasteiger partial charge in [0.05, 0.1) is 11.9 Å². The van der Waals surface area contributed by atoms with Crippen LogP contribution in [-0.4, -0.2) is 41.2 Å². The number of amides is 1. The number of sulfonamides is 1. The molecule has 0 unspecified atom stereocenters. The zero-order valence-electron chi connectivity index (χ0n) is 15.8. The van der Waals surface area contributed by atoms with Crippen LogP contribution < -0.4 is 14.5 Å². The molecule has 2 rings (SSSR count). The van der Waals surface area contributed by atoms with E-state index in [0.29, 0.717) is 11.4 Å². The fourth-order valence-electron chi connectivity index (χ4n) is 2.64. The minimum atomic E-state index is -3.60. The number of nitrogens with one attached hydrogen (secondary N) is 1. The third kappa shape index (κ3) is 4.76. The van der Waals surface area contributed by atoms with Crippen molar-refractivity contribution in [2.45, 2.75) is 13.8 Å². The van der Waals surface area contributed by atoms with Gasteiger partial charge in [-0.1, -0.05) is 18.2 Å². The Morgan fingerprint density at radius 2 is 1.46 bits per heavy atom. The van der Waals surface area contributed by atoms with E-state index >= 15 is 0 Å². The molecule has 26 heavy (non-hydrogen) atoms. The van der Waals surface area contributed by atoms with E-state index in [2.05, 4.69) is 5.32 Å². The van der Waals surface area contributed by atoms with E-state index in [0.717, 1.165) is 27.4 Å². The van der Waals surface area contributed by atoms with Gasteiger partial charge in [-0.15, -0.1) is 0 Å². The molecule has 1 N–H and O–H groups in total. The van der Waals surface area contributed by atoms with Gasteiger partial charge in [0.2, 0.25) is 15.9 Å². The van der Waals surface area contributed by atoms with Crippen LogP contribution in [0.1, 0.15) is 11.1 Å². The Morgan fingerprint density at radius 3 is 1.92 bits per heavy atom. The molecule has 0 aliphatic heterocycles. The summed E-state index contributed by atoms with van der Waals surface area (Å²) in [5.74, 6) is -0.385. The Morgan fingerprint density at radius 1 is 0.962 bits per heavy atom. The molecule has 0 saturated carbocycles. The van der Waals surface area contributed by atoms with E-state index in [1.807, 2.05) is 63.2 Å². The molecule has 0 spiro atoms. The van der Waals surface area contributed by atoms with Gasteiger partial charge in [-0.2, -0.15) is 0 Å². The number of carbonyl (C=O) groups excluding carboxylic acids is 1. The number of para-hydroxylation sites is 1. The van der Waals surface area contributed by atoms with Crippen molar-refractivity contribution in [2.75, 3.05) is 41.4 Å². The molecule has 0 aliphatic carbocycles. The third-order valence-electron chi connectivity index (χ3n) is 4.09. The second kappa shape index (κ2) is 7.78. The van der Waals surface area contributed by atoms with Crippen molar-refractivity contribution < 1.29 is 13.2 Å². The summed E-state index contributed by atoms with van der Waals surface area (Å²) < 4.78 is 25.5. The average Bonchev–Trinajstić information content (AvgIpc) is 2.55. The lowest BCUT2D eigenvalue weighted by Gasteiger charge is -2.23. The first kappa shape index (κ1) is 19.8. The fourth-order valence-corrected chi connectivity index (χ4v) is 3.49. The first-order chi connectivity index (χ1) is 12.1. The largest absolute Gasteiger partial charge is 0.378 e. The van der Waals surface area contributed by atoms with Gasteiger partial charge in [-0.25, -0.2) is 8.42 Å². The standard InChI is InChI=1S/C19H25N3O3S/c1-14-7-6-8-15(2)19(14)20-18(23)13-22(26(5,24)25)17-11-9-16(10-12-17)21(3)4/h6-12H,13H2,1-5H3,(H,20,23). The van der Waals surface area contributed by atoms with Crippen molar-refractivity contribution in [3.05, 3.63) is 53.6 Å². The molecule has 0 aromatic heterocycles. The van der Waals surface area contributed by atoms with Crippen molar-refractivity contribution in [1.29, 1.82) is 0 Å². The Hall–Kier alpha value is -2.54. The van der Waals surface area contributed by atoms with Crippen LogP contribution in [0.5, 0.6) is 0 Å². The number of benzene rings is 2. The lowest BCUT2D eigenvalue weighted by Crippen LogP contribution is -2.37. The minimum Gasteiger partial charge on any atom is -0.378 e. The van der Waals surface area contributed by atoms with Crippen LogP contribution >= 0.6 is 0 Å². The maximum atomic E-state index is 12.5. The Bertz CT molecular complexity index is 870. The lowest BCUT2D eigenvalue weighted by atomic mass is 10.1. The van der Waals surface area contributed by atoms with E-state index < -0.39 is 10.0 Å². The number of hydrogen-bond acceptors (Lipinski definition) is 4. The normalized spacial score (nSPS) is 11.1. The second-order valence-corrected chi connectivity index (χ2v) is 8.40. The van der Waals surface area contributed by atoms with E-state index in [1.165, 1.54) is 0 Å². The van der Waals surface area contributed by atoms with Gasteiger partial charge in [0.15, 0.2) is 0 Å². The van der Waals surface area contributed by atoms with Crippen LogP contribution in [0.4, 0.5) is 17.1 Å². The molecule has 7 heteroatoms. The maximum Gasteiger partial charge on any atom is 0.245 e. The second-order valence-electron chi connectivity index (χ2n) is 6.50. The van der Waals surface area contributed by atoms with Crippen LogP contribution in [0.2, 0.25) is 0 Å². The highest BCUT2D eigenvalue weighted by Crippen LogP contribution is 2.23. The van der Waals surface area contributed by atoms with Gasteiger partial charge in [0.1, 0.15) is 6.54 Å². The molecule has 0 aliphatic rings. The summed E-state index contributed by atoms with van der Waals surface area (Å²) in [4.78, 5) is 14.4. The zero-order valence-corrected chi connectivity index (χ0v) is 16.6. The molecule has 0 bridgehead atoms. The van der Waals surface area contributed by atoms with Crippen LogP contribution in [0.25, 0.3) is 0 Å². The lowest BCUT2D eigenvalue weighted by molar-refractivity contribution is -0.114. The van der Waals surface area contributed by atoms with Crippen molar-refractivity contribution >= 4 is 33.0 Å². The van der Waals surface area contributed by atoms with Crippen molar-refractivity contribution in [3.63, 3.8) is 0 Å². The molecule has 2 aromatic carbocycles. The van der Waals surface area contributed by atoms with E-state index in [-0.39, 0.29) is 12.5 Å². The number of aryl methyl sites for hydroxylation is 2. The fraction of sp³-hybridized carbons (Fsp3) is 0.316. The maximum absolute atomic E-state index is 12.5. The van der Waals surface area contributed by atoms with Crippen LogP contribution in [-0.2, 0) is 14.8 Å². The van der Waals surface area contributed by atoms with E-state index in [1.54, 1.807) is 12.1 Å². The van der Waals surface area contributed by atoms with E-state index in [9.17, 15) is 13.2 Å². The number of nitrogens with zero attached hydrogens (tertiary/aromatic N) is 2. The number of carbonyl (C=O) groups is 1. The smallest absolute Gasteiger partial charge is 0.245 e. The van der Waals surface area contributed by atoms with Crippen molar-refractivity contribution in [2.24, 2.45) is 0 Å². The molecule has 2 aromatic rings. The first-order valence-electron chi connectivity index (χ1n) is 8.21. The predicted octanol–water partition coefficient (Wildman–Crippen LogP) is 2.77. The molecule has 6 nitrogen and oxygen atoms in total. The molecule has 0 saturated heterocycles. The van der Waals surface area contributed by atoms with Crippen molar-refractivity contribution in [3.8, 4) is 0 Å². The topological polar surface area (TPSA) is 69.7 Å². The number of hydrogen-bond donors (Lipinski definition) is 1. The van der Waals surface area contributed by atoms with Gasteiger partial charge >= 0.3 is 0 Å². The van der Waals surface area contributed by atoms with Gasteiger partial charge < -0.3 is 10.2 Å². The van der Waals surface area contributed by atoms with Crippen LogP contribution in [0, 0.1) is 13.8 Å². The summed E-state index contributed by atoms with van der Waals surface area (Å²) in [5, 5.41) is 2.83. The van der Waals surface area contributed by atoms with Gasteiger partial charge in [0, 0.05) is 25.5 Å². The Kier molecular flexibility index (Phi) is 5.92. The molecule has 1 amide bonds. The summed E-state index contributed by atoms with van der Waals surface area (Å²) in [7, 11) is 0.208. The molecule has 0 fully saturated rings. The summed E-state index contributed by atoms with van der Waals surface area (Å²) in [6.45, 7) is 3.52. The van der Waals surface area contributed by atoms with Crippen molar-refractivity contribution in [1.82, 2.24) is 0 Å². The molecular formula is C19H25N3O3S. The number of anilines is 3. The highest BCUT2D eigenvalue weighted by atomic mass is 32.2. The Balaban J connectivity index is 2.24. The quantitative estimate of drug-likeness (QED) is 0.843. The predicted molar refractivity (Wildman–Crippen MR) is 108 cm³/mol. The molecule has 0 radical (unpaired) electrons. The minimum absolute atomic E-state index is 0.284. The highest BCUT2D eigenvalue weighted by molar-refractivity contribution is 7.92. The molecule has 140 valence electrons. The third-order valence-corrected chi connectivity index (χ3v) is 5.23. The summed E-state index contributed by atoms with van der Waals surface area (Å²) in [6, 6.07) is 12.7. The molecule has 0 heterocycles. The van der Waals surface area contributed by atoms with Gasteiger partial charge in [-0.05, 0) is 49.2 Å². The number of rotatable bonds is 6. The summed E-state index contributed by atoms with van der Waals surface area (Å²) >= 11 is 0. The van der Waals surface area contributed by atoms with Crippen LogP contribution in [0.15, 0.2) is 42.5 Å². The average molecular weight is 375 g/mol. The Labute approximate surface area is 155 Å². The van der Waals surface area contributed by atoms with E-state index in [4.69, 9.17) is 0 Å². The first-order valence-corrected chi connectivity index (χ1v) is 10.1. The van der Waals surface area contributed by atoms with Crippen LogP contribution in [0.3, 0.4) is 0 Å². The molecule has 0 atom stereocenters. The summed E-state index contributed by atoms with van der Waals surface area (Å²) in [5.41, 5.74) is 3.98. The summed E-state index contributed by atoms with van der Waals surface area (Å²) in [6.07, 6.45) is 1.10. The molecular weight excluding hydrogens is 350 g/mol.